The Balaban J connectivity index is 0.00000101. The molecule has 0 heterocycles. The Kier molecular flexibility index (Phi) is 9.97. The third-order valence-corrected chi connectivity index (χ3v) is 6.07. The molecule has 0 saturated heterocycles. The molecule has 162 valence electrons. The van der Waals surface area contributed by atoms with Crippen LogP contribution in [0.2, 0.25) is 0 Å². The van der Waals surface area contributed by atoms with E-state index in [1.54, 1.807) is 6.07 Å². The third-order valence-electron chi connectivity index (χ3n) is 6.07. The number of aryl methyl sites for hydroxylation is 1. The molecular weight excluding hydrogens is 378 g/mol. The maximum atomic E-state index is 13.6. The van der Waals surface area contributed by atoms with Crippen molar-refractivity contribution in [3.05, 3.63) is 71.3 Å². The second-order valence-electron chi connectivity index (χ2n) is 8.08. The summed E-state index contributed by atoms with van der Waals surface area (Å²) in [5, 5.41) is 7.32. The summed E-state index contributed by atoms with van der Waals surface area (Å²) in [5.74, 6) is -0.249. The highest BCUT2D eigenvalue weighted by molar-refractivity contribution is 5.29. The Morgan fingerprint density at radius 3 is 2.17 bits per heavy atom. The van der Waals surface area contributed by atoms with E-state index in [0.29, 0.717) is 12.5 Å². The van der Waals surface area contributed by atoms with E-state index < -0.39 is 12.3 Å². The van der Waals surface area contributed by atoms with Gasteiger partial charge in [0, 0.05) is 25.4 Å². The lowest BCUT2D eigenvalue weighted by atomic mass is 9.76. The second-order valence-corrected chi connectivity index (χ2v) is 8.08. The summed E-state index contributed by atoms with van der Waals surface area (Å²) in [4.78, 5) is 2.46. The Morgan fingerprint density at radius 2 is 1.63 bits per heavy atom. The molecule has 2 aromatic carbocycles. The highest BCUT2D eigenvalue weighted by Crippen LogP contribution is 2.41. The topological polar surface area (TPSA) is 27.0 Å². The van der Waals surface area contributed by atoms with Gasteiger partial charge in [-0.25, -0.2) is 8.78 Å². The van der Waals surface area contributed by atoms with Gasteiger partial charge < -0.3 is 4.90 Å². The van der Waals surface area contributed by atoms with Crippen molar-refractivity contribution in [2.45, 2.75) is 70.3 Å². The molecule has 1 aliphatic rings. The SMILES string of the molecule is CC#N.CCC(CCc1ccc(C2CC(F)C2F)cc1)N(C)CCc1ccccc1. The summed E-state index contributed by atoms with van der Waals surface area (Å²) in [5.41, 5.74) is 3.60. The van der Waals surface area contributed by atoms with E-state index >= 15 is 0 Å². The lowest BCUT2D eigenvalue weighted by Gasteiger charge is -2.34. The van der Waals surface area contributed by atoms with Crippen molar-refractivity contribution in [2.75, 3.05) is 13.6 Å². The van der Waals surface area contributed by atoms with E-state index in [4.69, 9.17) is 5.26 Å². The van der Waals surface area contributed by atoms with Gasteiger partial charge in [0.05, 0.1) is 6.07 Å². The molecule has 2 aromatic rings. The molecule has 4 atom stereocenters. The largest absolute Gasteiger partial charge is 0.303 e. The van der Waals surface area contributed by atoms with Crippen LogP contribution in [0.25, 0.3) is 0 Å². The van der Waals surface area contributed by atoms with Gasteiger partial charge in [0.25, 0.3) is 0 Å². The molecule has 1 aliphatic carbocycles. The Bertz CT molecular complexity index is 770. The smallest absolute Gasteiger partial charge is 0.138 e. The highest BCUT2D eigenvalue weighted by Gasteiger charge is 2.42. The fraction of sp³-hybridized carbons (Fsp3) is 0.500. The van der Waals surface area contributed by atoms with Gasteiger partial charge in [0.15, 0.2) is 0 Å². The van der Waals surface area contributed by atoms with Crippen LogP contribution in [0.1, 0.15) is 55.7 Å². The van der Waals surface area contributed by atoms with E-state index in [9.17, 15) is 8.78 Å². The Morgan fingerprint density at radius 1 is 1.03 bits per heavy atom. The number of nitriles is 1. The van der Waals surface area contributed by atoms with Crippen LogP contribution < -0.4 is 0 Å². The molecule has 0 aliphatic heterocycles. The number of alkyl halides is 2. The summed E-state index contributed by atoms with van der Waals surface area (Å²) >= 11 is 0. The molecule has 0 bridgehead atoms. The van der Waals surface area contributed by atoms with E-state index in [2.05, 4.69) is 61.3 Å². The summed E-state index contributed by atoms with van der Waals surface area (Å²) in [6.45, 7) is 4.74. The first-order chi connectivity index (χ1) is 14.5. The van der Waals surface area contributed by atoms with Crippen molar-refractivity contribution < 1.29 is 8.78 Å². The van der Waals surface area contributed by atoms with Crippen LogP contribution in [0.4, 0.5) is 8.78 Å². The average Bonchev–Trinajstić information content (AvgIpc) is 2.78. The van der Waals surface area contributed by atoms with Crippen LogP contribution in [0, 0.1) is 11.3 Å². The maximum absolute atomic E-state index is 13.6. The normalized spacial score (nSPS) is 21.2. The molecule has 0 radical (unpaired) electrons. The molecule has 0 N–H and O–H groups in total. The first-order valence-electron chi connectivity index (χ1n) is 10.9. The van der Waals surface area contributed by atoms with Gasteiger partial charge in [-0.15, -0.1) is 0 Å². The van der Waals surface area contributed by atoms with Crippen LogP contribution in [0.3, 0.4) is 0 Å². The van der Waals surface area contributed by atoms with Gasteiger partial charge in [-0.1, -0.05) is 61.5 Å². The average molecular weight is 413 g/mol. The van der Waals surface area contributed by atoms with Crippen molar-refractivity contribution in [3.63, 3.8) is 0 Å². The van der Waals surface area contributed by atoms with Gasteiger partial charge in [0.2, 0.25) is 0 Å². The summed E-state index contributed by atoms with van der Waals surface area (Å²) in [6.07, 6.45) is 2.07. The molecule has 30 heavy (non-hydrogen) atoms. The van der Waals surface area contributed by atoms with Crippen LogP contribution in [-0.2, 0) is 12.8 Å². The van der Waals surface area contributed by atoms with Crippen molar-refractivity contribution in [2.24, 2.45) is 0 Å². The van der Waals surface area contributed by atoms with Gasteiger partial charge in [-0.3, -0.25) is 0 Å². The predicted molar refractivity (Wildman–Crippen MR) is 120 cm³/mol. The van der Waals surface area contributed by atoms with Gasteiger partial charge in [-0.05, 0) is 55.8 Å². The zero-order valence-corrected chi connectivity index (χ0v) is 18.4. The zero-order valence-electron chi connectivity index (χ0n) is 18.4. The van der Waals surface area contributed by atoms with E-state index in [0.717, 1.165) is 37.8 Å². The number of rotatable bonds is 9. The maximum Gasteiger partial charge on any atom is 0.138 e. The fourth-order valence-electron chi connectivity index (χ4n) is 4.01. The minimum Gasteiger partial charge on any atom is -0.303 e. The van der Waals surface area contributed by atoms with E-state index in [1.165, 1.54) is 18.1 Å². The van der Waals surface area contributed by atoms with Crippen molar-refractivity contribution in [3.8, 4) is 6.07 Å². The fourth-order valence-corrected chi connectivity index (χ4v) is 4.01. The summed E-state index contributed by atoms with van der Waals surface area (Å²) < 4.78 is 26.6. The number of likely N-dealkylation sites (N-methyl/N-ethyl adjacent to an activating group) is 1. The molecule has 0 aromatic heterocycles. The molecule has 0 spiro atoms. The second kappa shape index (κ2) is 12.4. The molecule has 3 rings (SSSR count). The molecule has 4 heteroatoms. The number of hydrogen-bond donors (Lipinski definition) is 0. The summed E-state index contributed by atoms with van der Waals surface area (Å²) in [6, 6.07) is 21.1. The van der Waals surface area contributed by atoms with Crippen molar-refractivity contribution >= 4 is 0 Å². The number of benzene rings is 2. The molecule has 4 unspecified atom stereocenters. The van der Waals surface area contributed by atoms with Crippen molar-refractivity contribution in [1.82, 2.24) is 4.90 Å². The predicted octanol–water partition coefficient (Wildman–Crippen LogP) is 6.27. The monoisotopic (exact) mass is 412 g/mol. The number of hydrogen-bond acceptors (Lipinski definition) is 2. The van der Waals surface area contributed by atoms with Gasteiger partial charge in [-0.2, -0.15) is 5.26 Å². The highest BCUT2D eigenvalue weighted by atomic mass is 19.2. The molecular formula is C26H34F2N2. The van der Waals surface area contributed by atoms with Crippen LogP contribution in [0.5, 0.6) is 0 Å². The Hall–Kier alpha value is -2.25. The standard InChI is InChI=1S/C24H31F2N.C2H3N/c1-3-21(27(2)16-15-18-7-5-4-6-8-18)14-11-19-9-12-20(13-10-19)22-17-23(25)24(22)26;1-2-3/h4-10,12-13,21-24H,3,11,14-17H2,1-2H3;1H3. The van der Waals surface area contributed by atoms with Crippen molar-refractivity contribution in [1.29, 1.82) is 5.26 Å². The van der Waals surface area contributed by atoms with Crippen LogP contribution >= 0.6 is 0 Å². The molecule has 1 fully saturated rings. The lowest BCUT2D eigenvalue weighted by molar-refractivity contribution is 0.0428. The first kappa shape index (κ1) is 24.0. The molecule has 0 amide bonds. The quantitative estimate of drug-likeness (QED) is 0.486. The minimum atomic E-state index is -1.32. The lowest BCUT2D eigenvalue weighted by Crippen LogP contribution is -2.38. The van der Waals surface area contributed by atoms with E-state index in [-0.39, 0.29) is 5.92 Å². The minimum absolute atomic E-state index is 0.249. The molecule has 1 saturated carbocycles. The Labute approximate surface area is 180 Å². The van der Waals surface area contributed by atoms with Gasteiger partial charge in [0.1, 0.15) is 12.3 Å². The first-order valence-corrected chi connectivity index (χ1v) is 10.9. The van der Waals surface area contributed by atoms with Crippen LogP contribution in [-0.4, -0.2) is 36.9 Å². The summed E-state index contributed by atoms with van der Waals surface area (Å²) in [7, 11) is 2.21. The molecule has 2 nitrogen and oxygen atoms in total. The number of nitrogens with zero attached hydrogens (tertiary/aromatic N) is 2. The zero-order chi connectivity index (χ0) is 21.9. The number of halogens is 2. The third kappa shape index (κ3) is 6.92. The van der Waals surface area contributed by atoms with Crippen LogP contribution in [0.15, 0.2) is 54.6 Å². The van der Waals surface area contributed by atoms with Gasteiger partial charge >= 0.3 is 0 Å². The van der Waals surface area contributed by atoms with E-state index in [1.807, 2.05) is 12.1 Å².